The number of aromatic nitrogens is 2. The largest absolute Gasteiger partial charge is 0.465 e. The topological polar surface area (TPSA) is 44.1 Å². The Kier molecular flexibility index (Phi) is 2.90. The number of benzene rings is 1. The zero-order valence-corrected chi connectivity index (χ0v) is 9.43. The van der Waals surface area contributed by atoms with Crippen LogP contribution in [0.15, 0.2) is 24.3 Å². The van der Waals surface area contributed by atoms with Gasteiger partial charge in [-0.15, -0.1) is 0 Å². The van der Waals surface area contributed by atoms with Crippen LogP contribution in [0.5, 0.6) is 0 Å². The first kappa shape index (κ1) is 10.7. The summed E-state index contributed by atoms with van der Waals surface area (Å²) in [5, 5.41) is 0. The molecule has 4 heteroatoms. The smallest absolute Gasteiger partial charge is 0.302 e. The van der Waals surface area contributed by atoms with Gasteiger partial charge < -0.3 is 9.30 Å². The van der Waals surface area contributed by atoms with Crippen molar-refractivity contribution in [1.29, 1.82) is 0 Å². The van der Waals surface area contributed by atoms with Gasteiger partial charge in [-0.3, -0.25) is 4.79 Å². The first-order chi connectivity index (χ1) is 7.68. The maximum absolute atomic E-state index is 10.6. The van der Waals surface area contributed by atoms with Gasteiger partial charge in [0.15, 0.2) is 0 Å². The van der Waals surface area contributed by atoms with Crippen LogP contribution in [0, 0.1) is 0 Å². The summed E-state index contributed by atoms with van der Waals surface area (Å²) in [5.74, 6) is 0.682. The number of carbonyl (C=O) groups is 1. The average Bonchev–Trinajstić information content (AvgIpc) is 2.56. The van der Waals surface area contributed by atoms with Gasteiger partial charge in [0.05, 0.1) is 17.6 Å². The molecule has 0 radical (unpaired) electrons. The normalized spacial score (nSPS) is 10.6. The highest BCUT2D eigenvalue weighted by Crippen LogP contribution is 2.14. The Balaban J connectivity index is 2.18. The highest BCUT2D eigenvalue weighted by Gasteiger charge is 2.06. The second kappa shape index (κ2) is 4.35. The third-order valence-electron chi connectivity index (χ3n) is 2.51. The minimum absolute atomic E-state index is 0.251. The number of hydrogen-bond acceptors (Lipinski definition) is 3. The molecular formula is C12H14N2O2. The van der Waals surface area contributed by atoms with Crippen molar-refractivity contribution in [3.63, 3.8) is 0 Å². The quantitative estimate of drug-likeness (QED) is 0.736. The van der Waals surface area contributed by atoms with Crippen LogP contribution >= 0.6 is 0 Å². The maximum atomic E-state index is 10.6. The van der Waals surface area contributed by atoms with Crippen LogP contribution in [0.4, 0.5) is 0 Å². The van der Waals surface area contributed by atoms with E-state index in [2.05, 4.69) is 4.98 Å². The summed E-state index contributed by atoms with van der Waals surface area (Å²) in [6.45, 7) is 1.79. The molecule has 0 aliphatic carbocycles. The molecule has 0 atom stereocenters. The van der Waals surface area contributed by atoms with Crippen molar-refractivity contribution in [3.8, 4) is 0 Å². The minimum Gasteiger partial charge on any atom is -0.465 e. The molecule has 2 rings (SSSR count). The van der Waals surface area contributed by atoms with Crippen molar-refractivity contribution < 1.29 is 9.53 Å². The zero-order valence-electron chi connectivity index (χ0n) is 9.43. The molecule has 1 heterocycles. The van der Waals surface area contributed by atoms with Crippen LogP contribution < -0.4 is 0 Å². The van der Waals surface area contributed by atoms with Gasteiger partial charge in [0.2, 0.25) is 0 Å². The van der Waals surface area contributed by atoms with E-state index in [1.54, 1.807) is 0 Å². The van der Waals surface area contributed by atoms with Crippen LogP contribution in [0.3, 0.4) is 0 Å². The van der Waals surface area contributed by atoms with Crippen molar-refractivity contribution >= 4 is 17.0 Å². The molecule has 84 valence electrons. The molecule has 16 heavy (non-hydrogen) atoms. The summed E-state index contributed by atoms with van der Waals surface area (Å²) in [6, 6.07) is 7.95. The Morgan fingerprint density at radius 3 is 2.88 bits per heavy atom. The van der Waals surface area contributed by atoms with E-state index in [1.807, 2.05) is 35.9 Å². The molecule has 0 unspecified atom stereocenters. The molecule has 1 aromatic carbocycles. The van der Waals surface area contributed by atoms with Gasteiger partial charge in [-0.25, -0.2) is 4.98 Å². The van der Waals surface area contributed by atoms with E-state index < -0.39 is 0 Å². The second-order valence-electron chi connectivity index (χ2n) is 3.67. The summed E-state index contributed by atoms with van der Waals surface area (Å²) in [4.78, 5) is 15.1. The SMILES string of the molecule is CC(=O)OCCc1nc2ccccc2n1C. The fourth-order valence-electron chi connectivity index (χ4n) is 1.71. The number of carbonyl (C=O) groups excluding carboxylic acids is 1. The summed E-state index contributed by atoms with van der Waals surface area (Å²) in [7, 11) is 1.97. The van der Waals surface area contributed by atoms with Crippen LogP contribution in [0.1, 0.15) is 12.7 Å². The fourth-order valence-corrected chi connectivity index (χ4v) is 1.71. The van der Waals surface area contributed by atoms with Crippen LogP contribution in [-0.4, -0.2) is 22.1 Å². The lowest BCUT2D eigenvalue weighted by Gasteiger charge is -2.02. The molecule has 4 nitrogen and oxygen atoms in total. The number of hydrogen-bond donors (Lipinski definition) is 0. The second-order valence-corrected chi connectivity index (χ2v) is 3.67. The zero-order chi connectivity index (χ0) is 11.5. The lowest BCUT2D eigenvalue weighted by Crippen LogP contribution is -2.07. The monoisotopic (exact) mass is 218 g/mol. The van der Waals surface area contributed by atoms with Gasteiger partial charge in [-0.05, 0) is 12.1 Å². The average molecular weight is 218 g/mol. The third-order valence-corrected chi connectivity index (χ3v) is 2.51. The highest BCUT2D eigenvalue weighted by molar-refractivity contribution is 5.75. The van der Waals surface area contributed by atoms with E-state index in [-0.39, 0.29) is 5.97 Å². The van der Waals surface area contributed by atoms with Crippen molar-refractivity contribution in [1.82, 2.24) is 9.55 Å². The van der Waals surface area contributed by atoms with Crippen LogP contribution in [0.2, 0.25) is 0 Å². The van der Waals surface area contributed by atoms with Crippen LogP contribution in [0.25, 0.3) is 11.0 Å². The molecule has 0 fully saturated rings. The number of aryl methyl sites for hydroxylation is 1. The number of para-hydroxylation sites is 2. The fraction of sp³-hybridized carbons (Fsp3) is 0.333. The van der Waals surface area contributed by atoms with Crippen molar-refractivity contribution in [2.75, 3.05) is 6.61 Å². The first-order valence-electron chi connectivity index (χ1n) is 5.22. The van der Waals surface area contributed by atoms with Crippen molar-refractivity contribution in [2.45, 2.75) is 13.3 Å². The minimum atomic E-state index is -0.251. The molecule has 2 aromatic rings. The predicted octanol–water partition coefficient (Wildman–Crippen LogP) is 1.68. The molecule has 0 saturated carbocycles. The first-order valence-corrected chi connectivity index (χ1v) is 5.22. The number of esters is 1. The Labute approximate surface area is 93.9 Å². The van der Waals surface area contributed by atoms with E-state index in [0.717, 1.165) is 16.9 Å². The van der Waals surface area contributed by atoms with Crippen molar-refractivity contribution in [3.05, 3.63) is 30.1 Å². The van der Waals surface area contributed by atoms with E-state index >= 15 is 0 Å². The number of rotatable bonds is 3. The summed E-state index contributed by atoms with van der Waals surface area (Å²) in [6.07, 6.45) is 0.644. The van der Waals surface area contributed by atoms with E-state index in [0.29, 0.717) is 13.0 Å². The maximum Gasteiger partial charge on any atom is 0.302 e. The molecule has 0 spiro atoms. The molecular weight excluding hydrogens is 204 g/mol. The number of nitrogens with zero attached hydrogens (tertiary/aromatic N) is 2. The molecule has 1 aromatic heterocycles. The molecule has 0 saturated heterocycles. The summed E-state index contributed by atoms with van der Waals surface area (Å²) >= 11 is 0. The highest BCUT2D eigenvalue weighted by atomic mass is 16.5. The van der Waals surface area contributed by atoms with Gasteiger partial charge in [-0.1, -0.05) is 12.1 Å². The van der Waals surface area contributed by atoms with Gasteiger partial charge in [0.25, 0.3) is 0 Å². The lowest BCUT2D eigenvalue weighted by atomic mass is 10.3. The van der Waals surface area contributed by atoms with Crippen molar-refractivity contribution in [2.24, 2.45) is 7.05 Å². The standard InChI is InChI=1S/C12H14N2O2/c1-9(15)16-8-7-12-13-10-5-3-4-6-11(10)14(12)2/h3-6H,7-8H2,1-2H3. The number of ether oxygens (including phenoxy) is 1. The van der Waals surface area contributed by atoms with Gasteiger partial charge in [0.1, 0.15) is 5.82 Å². The molecule has 0 bridgehead atoms. The van der Waals surface area contributed by atoms with Gasteiger partial charge in [0, 0.05) is 20.4 Å². The van der Waals surface area contributed by atoms with Crippen LogP contribution in [-0.2, 0) is 23.0 Å². The molecule has 0 N–H and O–H groups in total. The molecule has 0 aliphatic heterocycles. The number of fused-ring (bicyclic) bond motifs is 1. The molecule has 0 amide bonds. The van der Waals surface area contributed by atoms with Gasteiger partial charge in [-0.2, -0.15) is 0 Å². The summed E-state index contributed by atoms with van der Waals surface area (Å²) < 4.78 is 6.93. The molecule has 0 aliphatic rings. The van der Waals surface area contributed by atoms with E-state index in [9.17, 15) is 4.79 Å². The predicted molar refractivity (Wildman–Crippen MR) is 61.1 cm³/mol. The van der Waals surface area contributed by atoms with Gasteiger partial charge >= 0.3 is 5.97 Å². The van der Waals surface area contributed by atoms with E-state index in [1.165, 1.54) is 6.92 Å². The third kappa shape index (κ3) is 2.05. The number of imidazole rings is 1. The Morgan fingerprint density at radius 1 is 1.44 bits per heavy atom. The Hall–Kier alpha value is -1.84. The van der Waals surface area contributed by atoms with E-state index in [4.69, 9.17) is 4.74 Å². The lowest BCUT2D eigenvalue weighted by molar-refractivity contribution is -0.140. The Morgan fingerprint density at radius 2 is 2.19 bits per heavy atom. The Bertz CT molecular complexity index is 517. The summed E-state index contributed by atoms with van der Waals surface area (Å²) in [5.41, 5.74) is 2.07.